The van der Waals surface area contributed by atoms with Crippen LogP contribution in [-0.4, -0.2) is 6.04 Å². The van der Waals surface area contributed by atoms with E-state index < -0.39 is 11.6 Å². The topological polar surface area (TPSA) is 12.0 Å². The van der Waals surface area contributed by atoms with E-state index in [1.807, 2.05) is 12.1 Å². The Balaban J connectivity index is 1.74. The van der Waals surface area contributed by atoms with Crippen molar-refractivity contribution in [3.8, 4) is 0 Å². The van der Waals surface area contributed by atoms with Crippen molar-refractivity contribution in [2.24, 2.45) is 0 Å². The fourth-order valence-electron chi connectivity index (χ4n) is 2.48. The van der Waals surface area contributed by atoms with Crippen LogP contribution in [0.3, 0.4) is 0 Å². The van der Waals surface area contributed by atoms with Crippen LogP contribution in [0, 0.1) is 11.6 Å². The third kappa shape index (κ3) is 2.08. The summed E-state index contributed by atoms with van der Waals surface area (Å²) >= 11 is 0. The molecule has 3 rings (SSSR count). The van der Waals surface area contributed by atoms with E-state index in [4.69, 9.17) is 0 Å². The summed E-state index contributed by atoms with van der Waals surface area (Å²) in [5.41, 5.74) is 3.29. The fourth-order valence-corrected chi connectivity index (χ4v) is 2.48. The lowest BCUT2D eigenvalue weighted by atomic mass is 10.1. The van der Waals surface area contributed by atoms with Gasteiger partial charge >= 0.3 is 0 Å². The monoisotopic (exact) mass is 245 g/mol. The molecule has 1 nitrogen and oxygen atoms in total. The van der Waals surface area contributed by atoms with Gasteiger partial charge in [-0.1, -0.05) is 24.3 Å². The molecule has 0 saturated carbocycles. The molecule has 0 spiro atoms. The van der Waals surface area contributed by atoms with E-state index >= 15 is 0 Å². The Morgan fingerprint density at radius 1 is 0.889 bits per heavy atom. The lowest BCUT2D eigenvalue weighted by Gasteiger charge is -2.13. The highest BCUT2D eigenvalue weighted by Crippen LogP contribution is 2.24. The molecule has 2 aromatic rings. The predicted octanol–water partition coefficient (Wildman–Crippen LogP) is 3.54. The Morgan fingerprint density at radius 2 is 1.56 bits per heavy atom. The van der Waals surface area contributed by atoms with E-state index in [2.05, 4.69) is 17.4 Å². The second kappa shape index (κ2) is 4.41. The van der Waals surface area contributed by atoms with Crippen molar-refractivity contribution < 1.29 is 8.78 Å². The first-order chi connectivity index (χ1) is 8.72. The van der Waals surface area contributed by atoms with Crippen molar-refractivity contribution in [2.75, 3.05) is 5.32 Å². The zero-order chi connectivity index (χ0) is 12.5. The maximum atomic E-state index is 13.1. The predicted molar refractivity (Wildman–Crippen MR) is 67.6 cm³/mol. The van der Waals surface area contributed by atoms with Crippen molar-refractivity contribution in [3.05, 3.63) is 65.2 Å². The summed E-state index contributed by atoms with van der Waals surface area (Å²) < 4.78 is 25.9. The molecule has 0 amide bonds. The number of rotatable bonds is 2. The average molecular weight is 245 g/mol. The van der Waals surface area contributed by atoms with Crippen LogP contribution >= 0.6 is 0 Å². The van der Waals surface area contributed by atoms with Crippen LogP contribution in [0.15, 0.2) is 42.5 Å². The van der Waals surface area contributed by atoms with Gasteiger partial charge < -0.3 is 5.32 Å². The van der Waals surface area contributed by atoms with Gasteiger partial charge in [0.25, 0.3) is 0 Å². The third-order valence-corrected chi connectivity index (χ3v) is 3.34. The van der Waals surface area contributed by atoms with E-state index in [9.17, 15) is 8.78 Å². The average Bonchev–Trinajstić information content (AvgIpc) is 2.76. The van der Waals surface area contributed by atoms with Crippen molar-refractivity contribution in [2.45, 2.75) is 18.9 Å². The minimum Gasteiger partial charge on any atom is -0.382 e. The van der Waals surface area contributed by atoms with Crippen molar-refractivity contribution in [3.63, 3.8) is 0 Å². The van der Waals surface area contributed by atoms with E-state index in [0.29, 0.717) is 5.69 Å². The van der Waals surface area contributed by atoms with Gasteiger partial charge in [0.1, 0.15) is 0 Å². The van der Waals surface area contributed by atoms with Gasteiger partial charge in [-0.2, -0.15) is 0 Å². The van der Waals surface area contributed by atoms with Crippen LogP contribution in [0.25, 0.3) is 0 Å². The highest BCUT2D eigenvalue weighted by Gasteiger charge is 2.20. The van der Waals surface area contributed by atoms with Crippen LogP contribution < -0.4 is 5.32 Å². The van der Waals surface area contributed by atoms with E-state index in [1.54, 1.807) is 6.07 Å². The lowest BCUT2D eigenvalue weighted by molar-refractivity contribution is 0.509. The van der Waals surface area contributed by atoms with Gasteiger partial charge in [0.15, 0.2) is 11.6 Å². The highest BCUT2D eigenvalue weighted by atomic mass is 19.2. The Bertz CT molecular complexity index is 555. The molecule has 0 atom stereocenters. The summed E-state index contributed by atoms with van der Waals surface area (Å²) in [6.07, 6.45) is 1.85. The second-order valence-electron chi connectivity index (χ2n) is 4.65. The molecule has 0 saturated heterocycles. The summed E-state index contributed by atoms with van der Waals surface area (Å²) in [5.74, 6) is -1.62. The van der Waals surface area contributed by atoms with Gasteiger partial charge in [0.05, 0.1) is 0 Å². The van der Waals surface area contributed by atoms with Gasteiger partial charge in [-0.15, -0.1) is 0 Å². The second-order valence-corrected chi connectivity index (χ2v) is 4.65. The Kier molecular flexibility index (Phi) is 2.74. The lowest BCUT2D eigenvalue weighted by Crippen LogP contribution is -2.19. The molecule has 0 aliphatic heterocycles. The molecule has 1 N–H and O–H groups in total. The summed E-state index contributed by atoms with van der Waals surface area (Å²) in [6, 6.07) is 12.5. The quantitative estimate of drug-likeness (QED) is 0.853. The SMILES string of the molecule is Fc1ccc(NC2Cc3ccccc3C2)cc1F. The van der Waals surface area contributed by atoms with Crippen molar-refractivity contribution in [1.29, 1.82) is 0 Å². The first-order valence-electron chi connectivity index (χ1n) is 6.01. The molecule has 0 fully saturated rings. The third-order valence-electron chi connectivity index (χ3n) is 3.34. The van der Waals surface area contributed by atoms with Crippen molar-refractivity contribution >= 4 is 5.69 Å². The molecular formula is C15H13F2N. The van der Waals surface area contributed by atoms with Gasteiger partial charge in [-0.25, -0.2) is 8.78 Å². The summed E-state index contributed by atoms with van der Waals surface area (Å²) in [4.78, 5) is 0. The van der Waals surface area contributed by atoms with Crippen LogP contribution in [-0.2, 0) is 12.8 Å². The summed E-state index contributed by atoms with van der Waals surface area (Å²) in [7, 11) is 0. The van der Waals surface area contributed by atoms with Gasteiger partial charge in [0.2, 0.25) is 0 Å². The molecule has 0 aromatic heterocycles. The molecule has 0 radical (unpaired) electrons. The number of benzene rings is 2. The first kappa shape index (κ1) is 11.2. The Hall–Kier alpha value is -1.90. The van der Waals surface area contributed by atoms with Gasteiger partial charge in [-0.05, 0) is 36.1 Å². The largest absolute Gasteiger partial charge is 0.382 e. The first-order valence-corrected chi connectivity index (χ1v) is 6.01. The molecule has 3 heteroatoms. The zero-order valence-corrected chi connectivity index (χ0v) is 9.79. The molecule has 0 heterocycles. The molecule has 0 unspecified atom stereocenters. The zero-order valence-electron chi connectivity index (χ0n) is 9.79. The number of halogens is 2. The van der Waals surface area contributed by atoms with E-state index in [1.165, 1.54) is 17.2 Å². The maximum Gasteiger partial charge on any atom is 0.160 e. The molecule has 1 aliphatic carbocycles. The number of hydrogen-bond acceptors (Lipinski definition) is 1. The minimum atomic E-state index is -0.810. The van der Waals surface area contributed by atoms with Gasteiger partial charge in [-0.3, -0.25) is 0 Å². The van der Waals surface area contributed by atoms with E-state index in [-0.39, 0.29) is 6.04 Å². The number of anilines is 1. The van der Waals surface area contributed by atoms with Crippen LogP contribution in [0.5, 0.6) is 0 Å². The number of fused-ring (bicyclic) bond motifs is 1. The summed E-state index contributed by atoms with van der Waals surface area (Å²) in [6.45, 7) is 0. The van der Waals surface area contributed by atoms with Crippen LogP contribution in [0.1, 0.15) is 11.1 Å². The standard InChI is InChI=1S/C15H13F2N/c16-14-6-5-12(9-15(14)17)18-13-7-10-3-1-2-4-11(10)8-13/h1-6,9,13,18H,7-8H2. The Morgan fingerprint density at radius 3 is 2.17 bits per heavy atom. The molecule has 18 heavy (non-hydrogen) atoms. The number of hydrogen-bond donors (Lipinski definition) is 1. The van der Waals surface area contributed by atoms with Gasteiger partial charge in [0, 0.05) is 17.8 Å². The summed E-state index contributed by atoms with van der Waals surface area (Å²) in [5, 5.41) is 3.25. The maximum absolute atomic E-state index is 13.1. The molecule has 0 bridgehead atoms. The molecule has 2 aromatic carbocycles. The smallest absolute Gasteiger partial charge is 0.160 e. The van der Waals surface area contributed by atoms with Crippen LogP contribution in [0.4, 0.5) is 14.5 Å². The highest BCUT2D eigenvalue weighted by molar-refractivity contribution is 5.47. The fraction of sp³-hybridized carbons (Fsp3) is 0.200. The molecule has 1 aliphatic rings. The molecule has 92 valence electrons. The normalized spacial score (nSPS) is 14.6. The van der Waals surface area contributed by atoms with Crippen molar-refractivity contribution in [1.82, 2.24) is 0 Å². The minimum absolute atomic E-state index is 0.257. The van der Waals surface area contributed by atoms with E-state index in [0.717, 1.165) is 18.9 Å². The molecular weight excluding hydrogens is 232 g/mol. The van der Waals surface area contributed by atoms with Crippen LogP contribution in [0.2, 0.25) is 0 Å². The Labute approximate surface area is 104 Å². The number of nitrogens with one attached hydrogen (secondary N) is 1.